The number of thiazole rings is 1. The van der Waals surface area contributed by atoms with Gasteiger partial charge in [0.15, 0.2) is 10.3 Å². The van der Waals surface area contributed by atoms with E-state index < -0.39 is 5.91 Å². The topological polar surface area (TPSA) is 129 Å². The molecule has 3 heterocycles. The van der Waals surface area contributed by atoms with E-state index in [0.29, 0.717) is 29.1 Å². The maximum atomic E-state index is 12.5. The standard InChI is InChI=1S/C20H20N6O3S2/c1-12-4-5-14-15(9-12)31-19(22-14)23-18(28)11-30-20-25-24-17(7-6-16(21)27)26(20)10-13-3-2-8-29-13/h2-5,8-9H,6-7,10-11H2,1H3,(H2,21,27)(H,22,23,28). The van der Waals surface area contributed by atoms with Crippen molar-refractivity contribution >= 4 is 50.3 Å². The van der Waals surface area contributed by atoms with Crippen LogP contribution in [0.2, 0.25) is 0 Å². The van der Waals surface area contributed by atoms with Gasteiger partial charge in [0.1, 0.15) is 11.6 Å². The third-order valence-electron chi connectivity index (χ3n) is 4.41. The second kappa shape index (κ2) is 9.31. The minimum Gasteiger partial charge on any atom is -0.467 e. The van der Waals surface area contributed by atoms with Gasteiger partial charge in [0, 0.05) is 12.8 Å². The van der Waals surface area contributed by atoms with Crippen molar-refractivity contribution in [1.29, 1.82) is 0 Å². The monoisotopic (exact) mass is 456 g/mol. The first kappa shape index (κ1) is 21.1. The van der Waals surface area contributed by atoms with Gasteiger partial charge in [0.05, 0.1) is 28.8 Å². The number of aromatic nitrogens is 4. The SMILES string of the molecule is Cc1ccc2nc(NC(=O)CSc3nnc(CCC(N)=O)n3Cc3ccco3)sc2c1. The van der Waals surface area contributed by atoms with E-state index in [1.807, 2.05) is 35.8 Å². The molecular weight excluding hydrogens is 436 g/mol. The number of aryl methyl sites for hydroxylation is 2. The first-order valence-corrected chi connectivity index (χ1v) is 11.3. The summed E-state index contributed by atoms with van der Waals surface area (Å²) in [6.45, 7) is 2.42. The third kappa shape index (κ3) is 5.30. The van der Waals surface area contributed by atoms with Gasteiger partial charge in [-0.1, -0.05) is 29.2 Å². The Morgan fingerprint density at radius 3 is 2.94 bits per heavy atom. The maximum absolute atomic E-state index is 12.5. The molecular formula is C20H20N6O3S2. The van der Waals surface area contributed by atoms with Gasteiger partial charge < -0.3 is 15.5 Å². The van der Waals surface area contributed by atoms with Gasteiger partial charge in [-0.15, -0.1) is 10.2 Å². The molecule has 0 spiro atoms. The molecule has 0 aliphatic rings. The van der Waals surface area contributed by atoms with Crippen molar-refractivity contribution in [2.75, 3.05) is 11.1 Å². The van der Waals surface area contributed by atoms with Crippen LogP contribution >= 0.6 is 23.1 Å². The molecule has 3 N–H and O–H groups in total. The van der Waals surface area contributed by atoms with E-state index in [-0.39, 0.29) is 18.1 Å². The molecule has 0 atom stereocenters. The molecule has 4 rings (SSSR count). The number of hydrogen-bond donors (Lipinski definition) is 2. The first-order valence-electron chi connectivity index (χ1n) is 9.50. The second-order valence-corrected chi connectivity index (χ2v) is 8.83. The summed E-state index contributed by atoms with van der Waals surface area (Å²) in [6.07, 6.45) is 2.11. The number of anilines is 1. The number of rotatable bonds is 9. The zero-order chi connectivity index (χ0) is 21.8. The Hall–Kier alpha value is -3.18. The molecule has 9 nitrogen and oxygen atoms in total. The van der Waals surface area contributed by atoms with E-state index >= 15 is 0 Å². The van der Waals surface area contributed by atoms with Gasteiger partial charge in [0.2, 0.25) is 11.8 Å². The molecule has 160 valence electrons. The Bertz CT molecular complexity index is 1220. The van der Waals surface area contributed by atoms with Crippen LogP contribution in [0.4, 0.5) is 5.13 Å². The van der Waals surface area contributed by atoms with Gasteiger partial charge in [-0.3, -0.25) is 14.2 Å². The second-order valence-electron chi connectivity index (χ2n) is 6.86. The Morgan fingerprint density at radius 2 is 2.16 bits per heavy atom. The van der Waals surface area contributed by atoms with E-state index in [2.05, 4.69) is 20.5 Å². The van der Waals surface area contributed by atoms with Gasteiger partial charge in [-0.2, -0.15) is 0 Å². The largest absolute Gasteiger partial charge is 0.467 e. The number of nitrogens with zero attached hydrogens (tertiary/aromatic N) is 4. The van der Waals surface area contributed by atoms with Crippen molar-refractivity contribution in [3.63, 3.8) is 0 Å². The molecule has 0 bridgehead atoms. The zero-order valence-corrected chi connectivity index (χ0v) is 18.3. The molecule has 11 heteroatoms. The molecule has 0 saturated heterocycles. The lowest BCUT2D eigenvalue weighted by Crippen LogP contribution is -2.15. The first-order chi connectivity index (χ1) is 15.0. The summed E-state index contributed by atoms with van der Waals surface area (Å²) >= 11 is 2.70. The summed E-state index contributed by atoms with van der Waals surface area (Å²) in [5.74, 6) is 0.871. The van der Waals surface area contributed by atoms with Crippen LogP contribution in [0.5, 0.6) is 0 Å². The minimum absolute atomic E-state index is 0.140. The lowest BCUT2D eigenvalue weighted by atomic mass is 10.2. The van der Waals surface area contributed by atoms with Crippen LogP contribution in [0.1, 0.15) is 23.6 Å². The highest BCUT2D eigenvalue weighted by molar-refractivity contribution is 7.99. The number of carbonyl (C=O) groups excluding carboxylic acids is 2. The number of amides is 2. The van der Waals surface area contributed by atoms with Crippen LogP contribution in [0.3, 0.4) is 0 Å². The summed E-state index contributed by atoms with van der Waals surface area (Å²) in [5, 5.41) is 12.3. The number of furan rings is 1. The number of benzene rings is 1. The molecule has 4 aromatic rings. The van der Waals surface area contributed by atoms with Gasteiger partial charge in [-0.25, -0.2) is 4.98 Å². The molecule has 0 saturated carbocycles. The average Bonchev–Trinajstić information content (AvgIpc) is 3.45. The number of nitrogens with two attached hydrogens (primary N) is 1. The fourth-order valence-corrected chi connectivity index (χ4v) is 4.67. The number of nitrogens with one attached hydrogen (secondary N) is 1. The molecule has 31 heavy (non-hydrogen) atoms. The van der Waals surface area contributed by atoms with Crippen molar-refractivity contribution in [2.45, 2.75) is 31.5 Å². The van der Waals surface area contributed by atoms with Crippen molar-refractivity contribution in [3.8, 4) is 0 Å². The fourth-order valence-electron chi connectivity index (χ4n) is 2.93. The Balaban J connectivity index is 1.43. The predicted octanol–water partition coefficient (Wildman–Crippen LogP) is 2.99. The zero-order valence-electron chi connectivity index (χ0n) is 16.7. The molecule has 0 aliphatic carbocycles. The third-order valence-corrected chi connectivity index (χ3v) is 6.31. The van der Waals surface area contributed by atoms with Crippen LogP contribution in [0.25, 0.3) is 10.2 Å². The molecule has 0 aliphatic heterocycles. The van der Waals surface area contributed by atoms with Crippen molar-refractivity contribution in [2.24, 2.45) is 5.73 Å². The highest BCUT2D eigenvalue weighted by atomic mass is 32.2. The minimum atomic E-state index is -0.410. The summed E-state index contributed by atoms with van der Waals surface area (Å²) in [5.41, 5.74) is 7.27. The highest BCUT2D eigenvalue weighted by Crippen LogP contribution is 2.27. The number of hydrogen-bond acceptors (Lipinski definition) is 8. The van der Waals surface area contributed by atoms with Crippen LogP contribution < -0.4 is 11.1 Å². The summed E-state index contributed by atoms with van der Waals surface area (Å²) in [7, 11) is 0. The normalized spacial score (nSPS) is 11.1. The Morgan fingerprint density at radius 1 is 1.29 bits per heavy atom. The smallest absolute Gasteiger partial charge is 0.236 e. The van der Waals surface area contributed by atoms with E-state index in [0.717, 1.165) is 21.5 Å². The summed E-state index contributed by atoms with van der Waals surface area (Å²) in [4.78, 5) is 28.1. The van der Waals surface area contributed by atoms with Crippen molar-refractivity contribution in [3.05, 3.63) is 53.7 Å². The number of fused-ring (bicyclic) bond motifs is 1. The van der Waals surface area contributed by atoms with Gasteiger partial charge >= 0.3 is 0 Å². The summed E-state index contributed by atoms with van der Waals surface area (Å²) < 4.78 is 8.28. The molecule has 1 aromatic carbocycles. The van der Waals surface area contributed by atoms with Crippen LogP contribution in [0, 0.1) is 6.92 Å². The predicted molar refractivity (Wildman–Crippen MR) is 119 cm³/mol. The fraction of sp³-hybridized carbons (Fsp3) is 0.250. The number of thioether (sulfide) groups is 1. The number of carbonyl (C=O) groups is 2. The molecule has 0 radical (unpaired) electrons. The van der Waals surface area contributed by atoms with Crippen LogP contribution in [-0.4, -0.2) is 37.3 Å². The average molecular weight is 457 g/mol. The summed E-state index contributed by atoms with van der Waals surface area (Å²) in [6, 6.07) is 9.61. The molecule has 2 amide bonds. The lowest BCUT2D eigenvalue weighted by Gasteiger charge is -2.08. The van der Waals surface area contributed by atoms with E-state index in [1.54, 1.807) is 12.3 Å². The van der Waals surface area contributed by atoms with Crippen molar-refractivity contribution < 1.29 is 14.0 Å². The van der Waals surface area contributed by atoms with E-state index in [4.69, 9.17) is 10.2 Å². The maximum Gasteiger partial charge on any atom is 0.236 e. The van der Waals surface area contributed by atoms with Gasteiger partial charge in [-0.05, 0) is 36.8 Å². The van der Waals surface area contributed by atoms with Gasteiger partial charge in [0.25, 0.3) is 0 Å². The van der Waals surface area contributed by atoms with Crippen molar-refractivity contribution in [1.82, 2.24) is 19.7 Å². The number of primary amides is 1. The molecule has 0 unspecified atom stereocenters. The van der Waals surface area contributed by atoms with E-state index in [1.165, 1.54) is 23.1 Å². The lowest BCUT2D eigenvalue weighted by molar-refractivity contribution is -0.118. The van der Waals surface area contributed by atoms with Crippen LogP contribution in [-0.2, 0) is 22.6 Å². The quantitative estimate of drug-likeness (QED) is 0.370. The highest BCUT2D eigenvalue weighted by Gasteiger charge is 2.17. The van der Waals surface area contributed by atoms with E-state index in [9.17, 15) is 9.59 Å². The Kier molecular flexibility index (Phi) is 6.33. The van der Waals surface area contributed by atoms with Crippen LogP contribution in [0.15, 0.2) is 46.2 Å². The molecule has 0 fully saturated rings. The molecule has 3 aromatic heterocycles. The Labute approximate surface area is 186 Å².